The van der Waals surface area contributed by atoms with Crippen molar-refractivity contribution in [1.82, 2.24) is 0 Å². The van der Waals surface area contributed by atoms with Crippen LogP contribution in [0.1, 0.15) is 5.56 Å². The van der Waals surface area contributed by atoms with Gasteiger partial charge in [-0.05, 0) is 12.0 Å². The molecule has 0 spiro atoms. The van der Waals surface area contributed by atoms with Crippen LogP contribution in [0.4, 0.5) is 0 Å². The lowest BCUT2D eigenvalue weighted by atomic mass is 10.1. The number of benzene rings is 1. The maximum atomic E-state index is 10.5. The first kappa shape index (κ1) is 10.5. The molecule has 3 N–H and O–H groups in total. The minimum Gasteiger partial charge on any atom is -0.379 e. The van der Waals surface area contributed by atoms with E-state index in [9.17, 15) is 4.79 Å². The first-order chi connectivity index (χ1) is 6.70. The van der Waals surface area contributed by atoms with E-state index in [-0.39, 0.29) is 0 Å². The lowest BCUT2D eigenvalue weighted by Crippen LogP contribution is -2.25. The van der Waals surface area contributed by atoms with E-state index in [1.807, 2.05) is 30.3 Å². The first-order valence-electron chi connectivity index (χ1n) is 4.38. The smallest absolute Gasteiger partial charge is 0.250 e. The van der Waals surface area contributed by atoms with Gasteiger partial charge in [0.1, 0.15) is 0 Å². The number of hydrogen-bond acceptors (Lipinski definition) is 2. The van der Waals surface area contributed by atoms with Crippen LogP contribution in [0.5, 0.6) is 0 Å². The van der Waals surface area contributed by atoms with Gasteiger partial charge < -0.3 is 10.8 Å². The number of aliphatic hydroxyl groups excluding tert-OH is 1. The van der Waals surface area contributed by atoms with Gasteiger partial charge >= 0.3 is 0 Å². The highest BCUT2D eigenvalue weighted by Crippen LogP contribution is 2.00. The van der Waals surface area contributed by atoms with Crippen molar-refractivity contribution in [1.29, 1.82) is 0 Å². The highest BCUT2D eigenvalue weighted by atomic mass is 16.3. The highest BCUT2D eigenvalue weighted by molar-refractivity contribution is 5.80. The third kappa shape index (κ3) is 3.41. The largest absolute Gasteiger partial charge is 0.379 e. The number of rotatable bonds is 4. The maximum absolute atomic E-state index is 10.5. The molecule has 0 fully saturated rings. The molecule has 74 valence electrons. The Balaban J connectivity index is 2.45. The molecule has 0 saturated heterocycles. The number of amides is 1. The second kappa shape index (κ2) is 5.19. The minimum absolute atomic E-state index is 0.686. The molecule has 3 heteroatoms. The summed E-state index contributed by atoms with van der Waals surface area (Å²) in [7, 11) is 0. The summed E-state index contributed by atoms with van der Waals surface area (Å²) in [5.74, 6) is -0.727. The summed E-state index contributed by atoms with van der Waals surface area (Å²) < 4.78 is 0. The summed E-state index contributed by atoms with van der Waals surface area (Å²) in [6.07, 6.45) is 2.63. The molecule has 1 amide bonds. The normalized spacial score (nSPS) is 12.9. The summed E-state index contributed by atoms with van der Waals surface area (Å²) in [5, 5.41) is 9.04. The van der Waals surface area contributed by atoms with Crippen LogP contribution in [0.2, 0.25) is 0 Å². The average Bonchev–Trinajstić information content (AvgIpc) is 2.19. The quantitative estimate of drug-likeness (QED) is 0.686. The van der Waals surface area contributed by atoms with Gasteiger partial charge in [-0.15, -0.1) is 0 Å². The highest BCUT2D eigenvalue weighted by Gasteiger charge is 2.03. The van der Waals surface area contributed by atoms with E-state index < -0.39 is 12.0 Å². The average molecular weight is 191 g/mol. The molecule has 0 heterocycles. The van der Waals surface area contributed by atoms with Crippen LogP contribution in [0.15, 0.2) is 42.5 Å². The lowest BCUT2D eigenvalue weighted by molar-refractivity contribution is -0.123. The summed E-state index contributed by atoms with van der Waals surface area (Å²) in [6.45, 7) is 0. The molecule has 1 unspecified atom stereocenters. The van der Waals surface area contributed by atoms with Gasteiger partial charge in [-0.3, -0.25) is 4.79 Å². The molecule has 3 nitrogen and oxygen atoms in total. The second-order valence-electron chi connectivity index (χ2n) is 2.97. The Hall–Kier alpha value is -1.61. The fourth-order valence-corrected chi connectivity index (χ4v) is 1.04. The van der Waals surface area contributed by atoms with Gasteiger partial charge in [0, 0.05) is 0 Å². The van der Waals surface area contributed by atoms with Crippen molar-refractivity contribution >= 4 is 5.91 Å². The fraction of sp³-hybridized carbons (Fsp3) is 0.182. The number of allylic oxidation sites excluding steroid dienone is 1. The van der Waals surface area contributed by atoms with E-state index in [2.05, 4.69) is 0 Å². The predicted molar refractivity (Wildman–Crippen MR) is 54.5 cm³/mol. The molecule has 0 aliphatic heterocycles. The Morgan fingerprint density at radius 3 is 2.64 bits per heavy atom. The number of nitrogens with two attached hydrogens (primary N) is 1. The minimum atomic E-state index is -1.18. The van der Waals surface area contributed by atoms with Crippen LogP contribution in [0.3, 0.4) is 0 Å². The van der Waals surface area contributed by atoms with Crippen LogP contribution < -0.4 is 5.73 Å². The van der Waals surface area contributed by atoms with Gasteiger partial charge in [-0.25, -0.2) is 0 Å². The molecular weight excluding hydrogens is 178 g/mol. The van der Waals surface area contributed by atoms with Gasteiger partial charge in [0.25, 0.3) is 0 Å². The Kier molecular flexibility index (Phi) is 3.88. The van der Waals surface area contributed by atoms with E-state index in [1.54, 1.807) is 6.08 Å². The van der Waals surface area contributed by atoms with Gasteiger partial charge in [-0.1, -0.05) is 42.5 Å². The number of carbonyl (C=O) groups excluding carboxylic acids is 1. The van der Waals surface area contributed by atoms with E-state index >= 15 is 0 Å². The monoisotopic (exact) mass is 191 g/mol. The molecule has 14 heavy (non-hydrogen) atoms. The molecule has 0 aliphatic rings. The molecule has 1 atom stereocenters. The van der Waals surface area contributed by atoms with E-state index in [4.69, 9.17) is 10.8 Å². The summed E-state index contributed by atoms with van der Waals surface area (Å²) >= 11 is 0. The summed E-state index contributed by atoms with van der Waals surface area (Å²) in [6, 6.07) is 9.76. The van der Waals surface area contributed by atoms with Crippen molar-refractivity contribution in [3.8, 4) is 0 Å². The second-order valence-corrected chi connectivity index (χ2v) is 2.97. The molecule has 0 saturated carbocycles. The predicted octanol–water partition coefficient (Wildman–Crippen LogP) is 0.631. The van der Waals surface area contributed by atoms with Crippen molar-refractivity contribution in [2.45, 2.75) is 12.5 Å². The fourth-order valence-electron chi connectivity index (χ4n) is 1.04. The summed E-state index contributed by atoms with van der Waals surface area (Å²) in [5.41, 5.74) is 6.00. The van der Waals surface area contributed by atoms with Gasteiger partial charge in [0.05, 0.1) is 0 Å². The van der Waals surface area contributed by atoms with Crippen LogP contribution in [0, 0.1) is 0 Å². The van der Waals surface area contributed by atoms with Crippen molar-refractivity contribution in [2.24, 2.45) is 5.73 Å². The molecule has 1 rings (SSSR count). The molecule has 0 radical (unpaired) electrons. The molecular formula is C11H13NO2. The number of carbonyl (C=O) groups is 1. The number of aliphatic hydroxyl groups is 1. The third-order valence-corrected chi connectivity index (χ3v) is 1.81. The molecule has 0 aromatic heterocycles. The molecule has 1 aromatic carbocycles. The topological polar surface area (TPSA) is 63.3 Å². The van der Waals surface area contributed by atoms with E-state index in [0.29, 0.717) is 6.42 Å². The van der Waals surface area contributed by atoms with Crippen molar-refractivity contribution in [3.05, 3.63) is 48.0 Å². The molecule has 0 aliphatic carbocycles. The molecule has 0 bridgehead atoms. The van der Waals surface area contributed by atoms with E-state index in [0.717, 1.165) is 5.56 Å². The van der Waals surface area contributed by atoms with Crippen molar-refractivity contribution in [2.75, 3.05) is 0 Å². The van der Waals surface area contributed by atoms with Crippen molar-refractivity contribution in [3.63, 3.8) is 0 Å². The van der Waals surface area contributed by atoms with Gasteiger partial charge in [0.15, 0.2) is 6.10 Å². The zero-order chi connectivity index (χ0) is 10.4. The van der Waals surface area contributed by atoms with Crippen LogP contribution >= 0.6 is 0 Å². The van der Waals surface area contributed by atoms with Crippen molar-refractivity contribution < 1.29 is 9.90 Å². The van der Waals surface area contributed by atoms with Crippen LogP contribution in [0.25, 0.3) is 0 Å². The Labute approximate surface area is 82.9 Å². The molecule has 1 aromatic rings. The zero-order valence-electron chi connectivity index (χ0n) is 7.76. The van der Waals surface area contributed by atoms with E-state index in [1.165, 1.54) is 6.08 Å². The third-order valence-electron chi connectivity index (χ3n) is 1.81. The van der Waals surface area contributed by atoms with Crippen LogP contribution in [-0.2, 0) is 11.2 Å². The maximum Gasteiger partial charge on any atom is 0.250 e. The summed E-state index contributed by atoms with van der Waals surface area (Å²) in [4.78, 5) is 10.5. The Bertz CT molecular complexity index is 319. The van der Waals surface area contributed by atoms with Gasteiger partial charge in [0.2, 0.25) is 5.91 Å². The zero-order valence-corrected chi connectivity index (χ0v) is 7.76. The number of hydrogen-bond donors (Lipinski definition) is 2. The Morgan fingerprint density at radius 2 is 2.07 bits per heavy atom. The lowest BCUT2D eigenvalue weighted by Gasteiger charge is -1.98. The van der Waals surface area contributed by atoms with Gasteiger partial charge in [-0.2, -0.15) is 0 Å². The Morgan fingerprint density at radius 1 is 1.43 bits per heavy atom. The SMILES string of the molecule is NC(=O)C(O)C=CCc1ccccc1. The number of primary amides is 1. The van der Waals surface area contributed by atoms with Crippen LogP contribution in [-0.4, -0.2) is 17.1 Å². The first-order valence-corrected chi connectivity index (χ1v) is 4.38. The standard InChI is InChI=1S/C11H13NO2/c12-11(14)10(13)8-4-7-9-5-2-1-3-6-9/h1-6,8,10,13H,7H2,(H2,12,14).